The Hall–Kier alpha value is -2.29. The first-order valence-electron chi connectivity index (χ1n) is 9.10. The smallest absolute Gasteiger partial charge is 0.418 e. The van der Waals surface area contributed by atoms with Gasteiger partial charge in [-0.3, -0.25) is 4.98 Å². The molecule has 0 amide bonds. The number of nitrogens with one attached hydrogen (secondary N) is 1. The van der Waals surface area contributed by atoms with E-state index in [1.807, 2.05) is 6.92 Å². The van der Waals surface area contributed by atoms with Crippen LogP contribution < -0.4 is 10.1 Å². The summed E-state index contributed by atoms with van der Waals surface area (Å²) in [4.78, 5) is 3.56. The van der Waals surface area contributed by atoms with Crippen molar-refractivity contribution in [1.29, 1.82) is 0 Å². The molecule has 0 radical (unpaired) electrons. The van der Waals surface area contributed by atoms with E-state index in [0.717, 1.165) is 36.4 Å². The summed E-state index contributed by atoms with van der Waals surface area (Å²) in [7, 11) is 0. The van der Waals surface area contributed by atoms with Crippen molar-refractivity contribution < 1.29 is 31.1 Å². The molecule has 3 atom stereocenters. The Balaban J connectivity index is 1.64. The molecule has 3 nitrogen and oxygen atoms in total. The van der Waals surface area contributed by atoms with E-state index in [9.17, 15) is 26.3 Å². The van der Waals surface area contributed by atoms with E-state index in [0.29, 0.717) is 6.42 Å². The topological polar surface area (TPSA) is 34.1 Å². The Morgan fingerprint density at radius 3 is 2.24 bits per heavy atom. The van der Waals surface area contributed by atoms with Crippen molar-refractivity contribution in [1.82, 2.24) is 10.3 Å². The van der Waals surface area contributed by atoms with Crippen LogP contribution in [0.4, 0.5) is 26.3 Å². The van der Waals surface area contributed by atoms with Crippen LogP contribution in [0.25, 0.3) is 0 Å². The standard InChI is InChI=1S/C20H20F6N2O/c1-12-6-14(13-2-4-15(5-3-13)19(21,22)23)7-17(28-12)11-29-18-8-16(9-27-10-18)20(24,25)26/h2-5,8-10,12,14,17,28H,6-7,11H2,1H3. The second kappa shape index (κ2) is 8.22. The molecule has 3 unspecified atom stereocenters. The predicted molar refractivity (Wildman–Crippen MR) is 94.5 cm³/mol. The fraction of sp³-hybridized carbons (Fsp3) is 0.450. The highest BCUT2D eigenvalue weighted by molar-refractivity contribution is 5.28. The Morgan fingerprint density at radius 2 is 1.62 bits per heavy atom. The summed E-state index contributed by atoms with van der Waals surface area (Å²) < 4.78 is 82.1. The number of aromatic nitrogens is 1. The molecule has 158 valence electrons. The molecular weight excluding hydrogens is 398 g/mol. The number of hydrogen-bond acceptors (Lipinski definition) is 3. The molecule has 2 heterocycles. The third-order valence-corrected chi connectivity index (χ3v) is 4.93. The third-order valence-electron chi connectivity index (χ3n) is 4.93. The number of rotatable bonds is 4. The van der Waals surface area contributed by atoms with Crippen LogP contribution in [0.15, 0.2) is 42.7 Å². The number of halogens is 6. The first-order chi connectivity index (χ1) is 13.5. The summed E-state index contributed by atoms with van der Waals surface area (Å²) in [6.45, 7) is 2.08. The molecule has 0 saturated carbocycles. The lowest BCUT2D eigenvalue weighted by molar-refractivity contribution is -0.138. The van der Waals surface area contributed by atoms with Crippen LogP contribution >= 0.6 is 0 Å². The molecule has 1 aliphatic heterocycles. The fourth-order valence-electron chi connectivity index (χ4n) is 3.59. The van der Waals surface area contributed by atoms with Gasteiger partial charge in [-0.15, -0.1) is 0 Å². The molecule has 1 aliphatic rings. The number of piperidine rings is 1. The number of pyridine rings is 1. The van der Waals surface area contributed by atoms with Gasteiger partial charge in [0.05, 0.1) is 17.3 Å². The third kappa shape index (κ3) is 5.62. The van der Waals surface area contributed by atoms with Crippen LogP contribution in [0, 0.1) is 0 Å². The summed E-state index contributed by atoms with van der Waals surface area (Å²) in [5.74, 6) is 0.0488. The van der Waals surface area contributed by atoms with Crippen LogP contribution in [-0.2, 0) is 12.4 Å². The highest BCUT2D eigenvalue weighted by Crippen LogP contribution is 2.34. The van der Waals surface area contributed by atoms with E-state index < -0.39 is 23.5 Å². The zero-order valence-corrected chi connectivity index (χ0v) is 15.5. The predicted octanol–water partition coefficient (Wildman–Crippen LogP) is 5.42. The van der Waals surface area contributed by atoms with Gasteiger partial charge in [0, 0.05) is 18.3 Å². The van der Waals surface area contributed by atoms with Crippen LogP contribution in [0.2, 0.25) is 0 Å². The van der Waals surface area contributed by atoms with Crippen molar-refractivity contribution in [3.63, 3.8) is 0 Å². The Kier molecular flexibility index (Phi) is 6.07. The molecule has 0 aliphatic carbocycles. The molecule has 1 saturated heterocycles. The van der Waals surface area contributed by atoms with E-state index in [-0.39, 0.29) is 30.4 Å². The number of alkyl halides is 6. The quantitative estimate of drug-likeness (QED) is 0.673. The first-order valence-corrected chi connectivity index (χ1v) is 9.10. The molecule has 1 aromatic heterocycles. The first kappa shape index (κ1) is 21.4. The highest BCUT2D eigenvalue weighted by atomic mass is 19.4. The van der Waals surface area contributed by atoms with Crippen LogP contribution in [0.1, 0.15) is 42.4 Å². The van der Waals surface area contributed by atoms with E-state index in [4.69, 9.17) is 4.74 Å². The molecule has 1 fully saturated rings. The van der Waals surface area contributed by atoms with Crippen molar-refractivity contribution in [3.8, 4) is 5.75 Å². The van der Waals surface area contributed by atoms with Crippen molar-refractivity contribution in [2.75, 3.05) is 6.61 Å². The fourth-order valence-corrected chi connectivity index (χ4v) is 3.59. The number of benzene rings is 1. The average molecular weight is 418 g/mol. The molecule has 29 heavy (non-hydrogen) atoms. The normalized spacial score (nSPS) is 23.1. The maximum Gasteiger partial charge on any atom is 0.418 e. The maximum absolute atomic E-state index is 12.8. The van der Waals surface area contributed by atoms with Gasteiger partial charge in [0.25, 0.3) is 0 Å². The van der Waals surface area contributed by atoms with E-state index in [1.54, 1.807) is 0 Å². The molecule has 0 bridgehead atoms. The Labute approximate surface area is 164 Å². The molecule has 9 heteroatoms. The number of hydrogen-bond donors (Lipinski definition) is 1. The lowest BCUT2D eigenvalue weighted by Gasteiger charge is -2.35. The molecule has 3 rings (SSSR count). The van der Waals surface area contributed by atoms with Gasteiger partial charge in [-0.2, -0.15) is 26.3 Å². The van der Waals surface area contributed by atoms with Gasteiger partial charge < -0.3 is 10.1 Å². The zero-order valence-electron chi connectivity index (χ0n) is 15.5. The number of ether oxygens (including phenoxy) is 1. The molecular formula is C20H20F6N2O. The minimum Gasteiger partial charge on any atom is -0.490 e. The highest BCUT2D eigenvalue weighted by Gasteiger charge is 2.33. The monoisotopic (exact) mass is 418 g/mol. The van der Waals surface area contributed by atoms with E-state index in [2.05, 4.69) is 10.3 Å². The maximum atomic E-state index is 12.8. The van der Waals surface area contributed by atoms with Gasteiger partial charge in [-0.05, 0) is 49.4 Å². The van der Waals surface area contributed by atoms with Gasteiger partial charge in [0.2, 0.25) is 0 Å². The second-order valence-electron chi connectivity index (χ2n) is 7.27. The van der Waals surface area contributed by atoms with Gasteiger partial charge in [0.1, 0.15) is 12.4 Å². The molecule has 0 spiro atoms. The summed E-state index contributed by atoms with van der Waals surface area (Å²) in [5, 5.41) is 3.32. The summed E-state index contributed by atoms with van der Waals surface area (Å²) >= 11 is 0. The Morgan fingerprint density at radius 1 is 0.966 bits per heavy atom. The van der Waals surface area contributed by atoms with Gasteiger partial charge in [-0.1, -0.05) is 12.1 Å². The zero-order chi connectivity index (χ0) is 21.2. The van der Waals surface area contributed by atoms with Crippen molar-refractivity contribution >= 4 is 0 Å². The minimum atomic E-state index is -4.50. The van der Waals surface area contributed by atoms with Crippen molar-refractivity contribution in [2.45, 2.75) is 50.1 Å². The van der Waals surface area contributed by atoms with Crippen LogP contribution in [0.3, 0.4) is 0 Å². The van der Waals surface area contributed by atoms with Crippen LogP contribution in [0.5, 0.6) is 5.75 Å². The summed E-state index contributed by atoms with van der Waals surface area (Å²) in [6, 6.07) is 5.95. The van der Waals surface area contributed by atoms with Gasteiger partial charge >= 0.3 is 12.4 Å². The minimum absolute atomic E-state index is 0.0194. The molecule has 1 N–H and O–H groups in total. The number of nitrogens with zero attached hydrogens (tertiary/aromatic N) is 1. The average Bonchev–Trinajstić information content (AvgIpc) is 2.65. The van der Waals surface area contributed by atoms with E-state index >= 15 is 0 Å². The summed E-state index contributed by atoms with van der Waals surface area (Å²) in [5.41, 5.74) is -0.778. The lowest BCUT2D eigenvalue weighted by Crippen LogP contribution is -2.46. The van der Waals surface area contributed by atoms with Crippen molar-refractivity contribution in [2.24, 2.45) is 0 Å². The largest absolute Gasteiger partial charge is 0.490 e. The summed E-state index contributed by atoms with van der Waals surface area (Å²) in [6.07, 6.45) is -5.59. The molecule has 2 aromatic rings. The van der Waals surface area contributed by atoms with Crippen molar-refractivity contribution in [3.05, 3.63) is 59.4 Å². The lowest BCUT2D eigenvalue weighted by atomic mass is 9.83. The van der Waals surface area contributed by atoms with Crippen LogP contribution in [-0.4, -0.2) is 23.7 Å². The Bertz CT molecular complexity index is 819. The SMILES string of the molecule is CC1CC(c2ccc(C(F)(F)F)cc2)CC(COc2cncc(C(F)(F)F)c2)N1. The van der Waals surface area contributed by atoms with Gasteiger partial charge in [-0.25, -0.2) is 0 Å². The second-order valence-corrected chi connectivity index (χ2v) is 7.27. The van der Waals surface area contributed by atoms with E-state index in [1.165, 1.54) is 18.3 Å². The molecule has 1 aromatic carbocycles. The van der Waals surface area contributed by atoms with Gasteiger partial charge in [0.15, 0.2) is 0 Å².